The molecule has 4 nitrogen and oxygen atoms in total. The first-order chi connectivity index (χ1) is 10.5. The lowest BCUT2D eigenvalue weighted by atomic mass is 10.1. The van der Waals surface area contributed by atoms with E-state index in [4.69, 9.17) is 0 Å². The molecule has 0 aromatic heterocycles. The predicted molar refractivity (Wildman–Crippen MR) is 83.1 cm³/mol. The maximum Gasteiger partial charge on any atom is 0.251 e. The van der Waals surface area contributed by atoms with Gasteiger partial charge in [-0.15, -0.1) is 0 Å². The molecule has 2 N–H and O–H groups in total. The van der Waals surface area contributed by atoms with Crippen molar-refractivity contribution in [2.75, 3.05) is 5.32 Å². The number of anilines is 1. The molecule has 22 heavy (non-hydrogen) atoms. The molecule has 0 spiro atoms. The lowest BCUT2D eigenvalue weighted by Gasteiger charge is -2.15. The number of amides is 2. The van der Waals surface area contributed by atoms with Crippen molar-refractivity contribution in [2.45, 2.75) is 19.9 Å². The molecule has 5 heteroatoms. The van der Waals surface area contributed by atoms with Gasteiger partial charge in [0.15, 0.2) is 0 Å². The van der Waals surface area contributed by atoms with Crippen LogP contribution in [0.25, 0.3) is 0 Å². The van der Waals surface area contributed by atoms with Gasteiger partial charge in [-0.05, 0) is 49.7 Å². The van der Waals surface area contributed by atoms with E-state index in [-0.39, 0.29) is 17.6 Å². The zero-order valence-electron chi connectivity index (χ0n) is 12.4. The minimum atomic E-state index is -0.711. The van der Waals surface area contributed by atoms with Crippen molar-refractivity contribution in [1.82, 2.24) is 5.32 Å². The van der Waals surface area contributed by atoms with E-state index in [1.165, 1.54) is 18.2 Å². The van der Waals surface area contributed by atoms with Crippen LogP contribution in [0.15, 0.2) is 48.5 Å². The molecule has 2 aromatic rings. The summed E-state index contributed by atoms with van der Waals surface area (Å²) in [6.07, 6.45) is 0. The molecule has 0 heterocycles. The second-order valence-electron chi connectivity index (χ2n) is 5.01. The Balaban J connectivity index is 1.99. The van der Waals surface area contributed by atoms with Crippen LogP contribution in [-0.4, -0.2) is 17.9 Å². The molecule has 2 aromatic carbocycles. The Morgan fingerprint density at radius 1 is 1.09 bits per heavy atom. The van der Waals surface area contributed by atoms with Crippen molar-refractivity contribution in [1.29, 1.82) is 0 Å². The highest BCUT2D eigenvalue weighted by atomic mass is 19.1. The molecular formula is C17H17FN2O2. The zero-order valence-corrected chi connectivity index (χ0v) is 12.4. The fourth-order valence-electron chi connectivity index (χ4n) is 1.94. The lowest BCUT2D eigenvalue weighted by Crippen LogP contribution is -2.41. The van der Waals surface area contributed by atoms with Crippen LogP contribution >= 0.6 is 0 Å². The van der Waals surface area contributed by atoms with Crippen molar-refractivity contribution >= 4 is 17.5 Å². The van der Waals surface area contributed by atoms with E-state index in [0.717, 1.165) is 0 Å². The van der Waals surface area contributed by atoms with E-state index in [0.29, 0.717) is 16.8 Å². The average molecular weight is 300 g/mol. The van der Waals surface area contributed by atoms with Crippen LogP contribution < -0.4 is 10.6 Å². The molecular weight excluding hydrogens is 283 g/mol. The molecule has 2 rings (SSSR count). The molecule has 0 aliphatic heterocycles. The third kappa shape index (κ3) is 3.91. The van der Waals surface area contributed by atoms with Crippen LogP contribution in [0.2, 0.25) is 0 Å². The van der Waals surface area contributed by atoms with Crippen LogP contribution in [0.3, 0.4) is 0 Å². The van der Waals surface area contributed by atoms with Crippen molar-refractivity contribution < 1.29 is 14.0 Å². The number of rotatable bonds is 4. The van der Waals surface area contributed by atoms with Gasteiger partial charge in [-0.1, -0.05) is 18.2 Å². The smallest absolute Gasteiger partial charge is 0.251 e. The van der Waals surface area contributed by atoms with Crippen molar-refractivity contribution in [3.8, 4) is 0 Å². The Morgan fingerprint density at radius 3 is 2.41 bits per heavy atom. The first kappa shape index (κ1) is 15.7. The zero-order chi connectivity index (χ0) is 16.1. The number of benzene rings is 2. The summed E-state index contributed by atoms with van der Waals surface area (Å²) < 4.78 is 13.0. The number of hydrogen-bond acceptors (Lipinski definition) is 2. The molecule has 0 aliphatic carbocycles. The summed E-state index contributed by atoms with van der Waals surface area (Å²) in [5.74, 6) is -1.04. The Hall–Kier alpha value is -2.69. The van der Waals surface area contributed by atoms with E-state index < -0.39 is 6.04 Å². The molecule has 0 saturated carbocycles. The van der Waals surface area contributed by atoms with Crippen LogP contribution in [0.1, 0.15) is 22.8 Å². The molecule has 0 fully saturated rings. The molecule has 0 aliphatic rings. The van der Waals surface area contributed by atoms with Gasteiger partial charge in [-0.3, -0.25) is 9.59 Å². The van der Waals surface area contributed by atoms with Gasteiger partial charge in [0.25, 0.3) is 5.91 Å². The summed E-state index contributed by atoms with van der Waals surface area (Å²) in [4.78, 5) is 24.1. The number of nitrogens with one attached hydrogen (secondary N) is 2. The van der Waals surface area contributed by atoms with E-state index >= 15 is 0 Å². The minimum absolute atomic E-state index is 0.320. The molecule has 1 unspecified atom stereocenters. The van der Waals surface area contributed by atoms with Gasteiger partial charge >= 0.3 is 0 Å². The van der Waals surface area contributed by atoms with E-state index in [1.807, 2.05) is 6.07 Å². The lowest BCUT2D eigenvalue weighted by molar-refractivity contribution is -0.117. The highest BCUT2D eigenvalue weighted by Crippen LogP contribution is 2.15. The highest BCUT2D eigenvalue weighted by Gasteiger charge is 2.17. The number of carbonyl (C=O) groups is 2. The highest BCUT2D eigenvalue weighted by molar-refractivity contribution is 6.01. The van der Waals surface area contributed by atoms with Gasteiger partial charge in [-0.25, -0.2) is 4.39 Å². The Morgan fingerprint density at radius 2 is 1.77 bits per heavy atom. The van der Waals surface area contributed by atoms with E-state index in [1.54, 1.807) is 38.1 Å². The Labute approximate surface area is 128 Å². The fraction of sp³-hybridized carbons (Fsp3) is 0.176. The summed E-state index contributed by atoms with van der Waals surface area (Å²) in [5, 5.41) is 5.30. The molecule has 1 atom stereocenters. The number of carbonyl (C=O) groups excluding carboxylic acids is 2. The number of halogens is 1. The van der Waals surface area contributed by atoms with Crippen molar-refractivity contribution in [3.63, 3.8) is 0 Å². The predicted octanol–water partition coefficient (Wildman–Crippen LogP) is 2.89. The SMILES string of the molecule is Cc1cc(F)ccc1NC(=O)C(C)NC(=O)c1ccccc1. The normalized spacial score (nSPS) is 11.6. The summed E-state index contributed by atoms with van der Waals surface area (Å²) in [7, 11) is 0. The summed E-state index contributed by atoms with van der Waals surface area (Å²) in [6, 6.07) is 12.0. The van der Waals surface area contributed by atoms with E-state index in [9.17, 15) is 14.0 Å². The van der Waals surface area contributed by atoms with Crippen molar-refractivity contribution in [2.24, 2.45) is 0 Å². The summed E-state index contributed by atoms with van der Waals surface area (Å²) in [6.45, 7) is 3.29. The Bertz CT molecular complexity index is 686. The molecule has 114 valence electrons. The second-order valence-corrected chi connectivity index (χ2v) is 5.01. The van der Waals surface area contributed by atoms with Gasteiger partial charge in [0, 0.05) is 11.3 Å². The monoisotopic (exact) mass is 300 g/mol. The standard InChI is InChI=1S/C17H17FN2O2/c1-11-10-14(18)8-9-15(11)20-16(21)12(2)19-17(22)13-6-4-3-5-7-13/h3-10,12H,1-2H3,(H,19,22)(H,20,21). The first-order valence-corrected chi connectivity index (χ1v) is 6.90. The average Bonchev–Trinajstić information content (AvgIpc) is 2.50. The fourth-order valence-corrected chi connectivity index (χ4v) is 1.94. The van der Waals surface area contributed by atoms with Gasteiger partial charge < -0.3 is 10.6 Å². The first-order valence-electron chi connectivity index (χ1n) is 6.90. The van der Waals surface area contributed by atoms with Gasteiger partial charge in [0.05, 0.1) is 0 Å². The number of aryl methyl sites for hydroxylation is 1. The van der Waals surface area contributed by atoms with Crippen molar-refractivity contribution in [3.05, 3.63) is 65.5 Å². The van der Waals surface area contributed by atoms with E-state index in [2.05, 4.69) is 10.6 Å². The molecule has 0 radical (unpaired) electrons. The Kier molecular flexibility index (Phi) is 4.88. The molecule has 2 amide bonds. The maximum absolute atomic E-state index is 13.0. The van der Waals surface area contributed by atoms with Gasteiger partial charge in [0.1, 0.15) is 11.9 Å². The summed E-state index contributed by atoms with van der Waals surface area (Å²) in [5.41, 5.74) is 1.63. The molecule has 0 saturated heterocycles. The quantitative estimate of drug-likeness (QED) is 0.912. The topological polar surface area (TPSA) is 58.2 Å². The minimum Gasteiger partial charge on any atom is -0.341 e. The molecule has 0 bridgehead atoms. The third-order valence-corrected chi connectivity index (χ3v) is 3.22. The second kappa shape index (κ2) is 6.85. The van der Waals surface area contributed by atoms with Crippen LogP contribution in [0, 0.1) is 12.7 Å². The van der Waals surface area contributed by atoms with Crippen LogP contribution in [-0.2, 0) is 4.79 Å². The summed E-state index contributed by atoms with van der Waals surface area (Å²) >= 11 is 0. The maximum atomic E-state index is 13.0. The van der Waals surface area contributed by atoms with Gasteiger partial charge in [-0.2, -0.15) is 0 Å². The third-order valence-electron chi connectivity index (χ3n) is 3.22. The number of hydrogen-bond donors (Lipinski definition) is 2. The van der Waals surface area contributed by atoms with Crippen LogP contribution in [0.4, 0.5) is 10.1 Å². The van der Waals surface area contributed by atoms with Gasteiger partial charge in [0.2, 0.25) is 5.91 Å². The largest absolute Gasteiger partial charge is 0.341 e. The van der Waals surface area contributed by atoms with Crippen LogP contribution in [0.5, 0.6) is 0 Å².